The predicted molar refractivity (Wildman–Crippen MR) is 138 cm³/mol. The molecule has 4 N–H and O–H groups in total. The molecule has 0 aromatic heterocycles. The van der Waals surface area contributed by atoms with E-state index >= 15 is 0 Å². The summed E-state index contributed by atoms with van der Waals surface area (Å²) in [7, 11) is 0. The van der Waals surface area contributed by atoms with Crippen LogP contribution in [0.4, 0.5) is 25.8 Å². The molecule has 11 heteroatoms. The highest BCUT2D eigenvalue weighted by Crippen LogP contribution is 2.32. The molecule has 0 bridgehead atoms. The summed E-state index contributed by atoms with van der Waals surface area (Å²) in [6.07, 6.45) is 0. The van der Waals surface area contributed by atoms with Crippen LogP contribution in [0.1, 0.15) is 21.8 Å². The quantitative estimate of drug-likeness (QED) is 0.206. The van der Waals surface area contributed by atoms with Crippen LogP contribution in [-0.4, -0.2) is 23.6 Å². The third kappa shape index (κ3) is 6.55. The molecule has 0 heterocycles. The van der Waals surface area contributed by atoms with Crippen LogP contribution in [0.2, 0.25) is 10.0 Å². The number of nitrogens with one attached hydrogen (secondary N) is 2. The Morgan fingerprint density at radius 3 is 2.26 bits per heavy atom. The van der Waals surface area contributed by atoms with E-state index in [1.165, 1.54) is 42.5 Å². The maximum atomic E-state index is 13.6. The van der Waals surface area contributed by atoms with E-state index in [-0.39, 0.29) is 44.4 Å². The number of nitrogen functional groups attached to an aromatic ring is 1. The summed E-state index contributed by atoms with van der Waals surface area (Å²) in [6, 6.07) is 12.0. The average Bonchev–Trinajstić information content (AvgIpc) is 2.82. The van der Waals surface area contributed by atoms with Crippen molar-refractivity contribution in [1.82, 2.24) is 0 Å². The molecule has 5 nitrogen and oxygen atoms in total. The summed E-state index contributed by atoms with van der Waals surface area (Å²) < 4.78 is 26.8. The van der Waals surface area contributed by atoms with Crippen LogP contribution in [0.15, 0.2) is 54.6 Å². The van der Waals surface area contributed by atoms with E-state index in [1.54, 1.807) is 0 Å². The lowest BCUT2D eigenvalue weighted by Crippen LogP contribution is -2.30. The van der Waals surface area contributed by atoms with Crippen molar-refractivity contribution in [3.8, 4) is 0 Å². The van der Waals surface area contributed by atoms with Crippen LogP contribution in [0.5, 0.6) is 0 Å². The van der Waals surface area contributed by atoms with Gasteiger partial charge in [-0.3, -0.25) is 9.59 Å². The number of benzene rings is 3. The molecule has 35 heavy (non-hydrogen) atoms. The van der Waals surface area contributed by atoms with Gasteiger partial charge in [0.25, 0.3) is 5.91 Å². The molecule has 0 aliphatic heterocycles. The van der Waals surface area contributed by atoms with Crippen molar-refractivity contribution in [2.45, 2.75) is 5.92 Å². The van der Waals surface area contributed by atoms with Gasteiger partial charge in [0, 0.05) is 23.4 Å². The first-order chi connectivity index (χ1) is 16.6. The molecule has 0 aliphatic rings. The Kier molecular flexibility index (Phi) is 9.19. The number of hydrogen-bond acceptors (Lipinski definition) is 3. The molecular formula is C24H19Cl4F2N3O2. The second-order valence-corrected chi connectivity index (χ2v) is 9.00. The lowest BCUT2D eigenvalue weighted by molar-refractivity contribution is -0.119. The smallest absolute Gasteiger partial charge is 0.257 e. The number of alkyl halides is 2. The fraction of sp³-hybridized carbons (Fsp3) is 0.167. The topological polar surface area (TPSA) is 84.2 Å². The predicted octanol–water partition coefficient (Wildman–Crippen LogP) is 6.92. The van der Waals surface area contributed by atoms with Gasteiger partial charge in [-0.25, -0.2) is 8.78 Å². The Hall–Kier alpha value is -2.58. The average molecular weight is 561 g/mol. The van der Waals surface area contributed by atoms with Crippen molar-refractivity contribution in [3.63, 3.8) is 0 Å². The summed E-state index contributed by atoms with van der Waals surface area (Å²) >= 11 is 24.3. The number of amides is 2. The van der Waals surface area contributed by atoms with Crippen molar-refractivity contribution in [3.05, 3.63) is 87.4 Å². The van der Waals surface area contributed by atoms with Crippen LogP contribution in [0.3, 0.4) is 0 Å². The van der Waals surface area contributed by atoms with Gasteiger partial charge >= 0.3 is 0 Å². The molecule has 0 radical (unpaired) electrons. The number of halogens is 6. The van der Waals surface area contributed by atoms with Crippen LogP contribution in [0.25, 0.3) is 0 Å². The molecule has 3 aromatic rings. The Morgan fingerprint density at radius 2 is 1.63 bits per heavy atom. The molecule has 0 aliphatic carbocycles. The first kappa shape index (κ1) is 27.0. The molecular weight excluding hydrogens is 542 g/mol. The standard InChI is InChI=1S/C24H19Cl4F2N3O2/c25-10-16(12-1-5-20(30)19(28)7-12)17(11-26)24(35)32-14-3-4-18(27)15(9-14)23(34)33-22-6-2-13(29)8-21(22)31/h1-9,16-17H,10-11,31H2,(H,32,35)(H,33,34)/t16-,17+/m0/s1. The van der Waals surface area contributed by atoms with Crippen molar-refractivity contribution in [2.24, 2.45) is 5.92 Å². The number of hydrogen-bond donors (Lipinski definition) is 3. The van der Waals surface area contributed by atoms with Crippen LogP contribution in [-0.2, 0) is 4.79 Å². The van der Waals surface area contributed by atoms with Gasteiger partial charge in [-0.05, 0) is 54.1 Å². The maximum absolute atomic E-state index is 13.6. The van der Waals surface area contributed by atoms with Crippen molar-refractivity contribution >= 4 is 75.3 Å². The zero-order valence-electron chi connectivity index (χ0n) is 17.9. The first-order valence-corrected chi connectivity index (χ1v) is 12.0. The van der Waals surface area contributed by atoms with Crippen LogP contribution < -0.4 is 16.4 Å². The van der Waals surface area contributed by atoms with E-state index in [1.807, 2.05) is 0 Å². The summed E-state index contributed by atoms with van der Waals surface area (Å²) in [5, 5.41) is 5.29. The Morgan fingerprint density at radius 1 is 0.886 bits per heavy atom. The number of carbonyl (C=O) groups excluding carboxylic acids is 2. The lowest BCUT2D eigenvalue weighted by atomic mass is 9.88. The highest BCUT2D eigenvalue weighted by molar-refractivity contribution is 6.34. The number of nitrogens with two attached hydrogens (primary N) is 1. The molecule has 2 atom stereocenters. The normalized spacial score (nSPS) is 12.6. The minimum absolute atomic E-state index is 0.0279. The lowest BCUT2D eigenvalue weighted by Gasteiger charge is -2.24. The van der Waals surface area contributed by atoms with Gasteiger partial charge in [0.05, 0.1) is 32.9 Å². The molecule has 0 spiro atoms. The minimum Gasteiger partial charge on any atom is -0.397 e. The van der Waals surface area contributed by atoms with Crippen LogP contribution in [0, 0.1) is 17.6 Å². The molecule has 0 fully saturated rings. The third-order valence-corrected chi connectivity index (χ3v) is 6.55. The van der Waals surface area contributed by atoms with E-state index in [4.69, 9.17) is 52.1 Å². The number of carbonyl (C=O) groups is 2. The highest BCUT2D eigenvalue weighted by Gasteiger charge is 2.29. The monoisotopic (exact) mass is 559 g/mol. The van der Waals surface area contributed by atoms with Gasteiger partial charge < -0.3 is 16.4 Å². The largest absolute Gasteiger partial charge is 0.397 e. The van der Waals surface area contributed by atoms with Gasteiger partial charge in [0.2, 0.25) is 5.91 Å². The fourth-order valence-corrected chi connectivity index (χ4v) is 4.52. The Balaban J connectivity index is 1.80. The molecule has 0 saturated carbocycles. The SMILES string of the molecule is Nc1cc(F)ccc1NC(=O)c1cc(NC(=O)[C@H](CCl)[C@@H](CCl)c2ccc(F)c(Cl)c2)ccc1Cl. The zero-order chi connectivity index (χ0) is 25.7. The molecule has 2 amide bonds. The van der Waals surface area contributed by atoms with E-state index in [2.05, 4.69) is 10.6 Å². The van der Waals surface area contributed by atoms with Crippen molar-refractivity contribution in [1.29, 1.82) is 0 Å². The Bertz CT molecular complexity index is 1260. The summed E-state index contributed by atoms with van der Waals surface area (Å²) in [6.45, 7) is 0. The summed E-state index contributed by atoms with van der Waals surface area (Å²) in [5.74, 6) is -3.62. The third-order valence-electron chi connectivity index (χ3n) is 5.27. The summed E-state index contributed by atoms with van der Waals surface area (Å²) in [5.41, 5.74) is 6.86. The molecule has 0 saturated heterocycles. The van der Waals surface area contributed by atoms with E-state index in [0.717, 1.165) is 12.1 Å². The fourth-order valence-electron chi connectivity index (χ4n) is 3.38. The second kappa shape index (κ2) is 11.9. The first-order valence-electron chi connectivity index (χ1n) is 10.2. The Labute approximate surface area is 220 Å². The molecule has 3 rings (SSSR count). The van der Waals surface area contributed by atoms with E-state index in [9.17, 15) is 18.4 Å². The number of anilines is 3. The minimum atomic E-state index is -0.789. The molecule has 0 unspecified atom stereocenters. The van der Waals surface area contributed by atoms with E-state index in [0.29, 0.717) is 5.56 Å². The molecule has 3 aromatic carbocycles. The van der Waals surface area contributed by atoms with Crippen molar-refractivity contribution < 1.29 is 18.4 Å². The zero-order valence-corrected chi connectivity index (χ0v) is 21.0. The van der Waals surface area contributed by atoms with Gasteiger partial charge in [-0.15, -0.1) is 23.2 Å². The summed E-state index contributed by atoms with van der Waals surface area (Å²) in [4.78, 5) is 25.8. The maximum Gasteiger partial charge on any atom is 0.257 e. The van der Waals surface area contributed by atoms with Gasteiger partial charge in [0.1, 0.15) is 11.6 Å². The van der Waals surface area contributed by atoms with E-state index < -0.39 is 35.3 Å². The van der Waals surface area contributed by atoms with Gasteiger partial charge in [-0.1, -0.05) is 29.3 Å². The van der Waals surface area contributed by atoms with Crippen LogP contribution >= 0.6 is 46.4 Å². The molecule has 184 valence electrons. The number of rotatable bonds is 8. The second-order valence-electron chi connectivity index (χ2n) is 7.56. The van der Waals surface area contributed by atoms with Crippen molar-refractivity contribution in [2.75, 3.05) is 28.1 Å². The highest BCUT2D eigenvalue weighted by atomic mass is 35.5. The van der Waals surface area contributed by atoms with Gasteiger partial charge in [0.15, 0.2) is 0 Å². The van der Waals surface area contributed by atoms with Gasteiger partial charge in [-0.2, -0.15) is 0 Å².